The maximum atomic E-state index is 4.59. The topological polar surface area (TPSA) is 30.2 Å². The average molecular weight is 267 g/mol. The molecule has 0 fully saturated rings. The zero-order chi connectivity index (χ0) is 13.1. The third kappa shape index (κ3) is 2.35. The molecule has 0 aliphatic carbocycles. The molecule has 3 nitrogen and oxygen atoms in total. The summed E-state index contributed by atoms with van der Waals surface area (Å²) in [5.41, 5.74) is 2.20. The normalized spacial score (nSPS) is 11.7. The Bertz CT molecular complexity index is 667. The van der Waals surface area contributed by atoms with Crippen LogP contribution in [0.25, 0.3) is 17.1 Å². The van der Waals surface area contributed by atoms with Crippen LogP contribution >= 0.6 is 11.5 Å². The molecule has 3 aromatic rings. The van der Waals surface area contributed by atoms with Crippen molar-refractivity contribution in [1.82, 2.24) is 8.94 Å². The van der Waals surface area contributed by atoms with Crippen molar-refractivity contribution < 1.29 is 0 Å². The number of hydrogen-bond acceptors (Lipinski definition) is 3. The van der Waals surface area contributed by atoms with Crippen LogP contribution in [0.5, 0.6) is 0 Å². The zero-order valence-corrected chi connectivity index (χ0v) is 11.3. The van der Waals surface area contributed by atoms with E-state index in [2.05, 4.69) is 38.2 Å². The summed E-state index contributed by atoms with van der Waals surface area (Å²) >= 11 is 1.55. The summed E-state index contributed by atoms with van der Waals surface area (Å²) in [7, 11) is 1.77. The van der Waals surface area contributed by atoms with Gasteiger partial charge in [0.2, 0.25) is 4.80 Å². The van der Waals surface area contributed by atoms with Crippen LogP contribution in [-0.2, 0) is 0 Å². The van der Waals surface area contributed by atoms with Gasteiger partial charge in [-0.1, -0.05) is 48.5 Å². The van der Waals surface area contributed by atoms with E-state index in [0.717, 1.165) is 21.9 Å². The molecule has 0 saturated heterocycles. The summed E-state index contributed by atoms with van der Waals surface area (Å²) in [6, 6.07) is 20.4. The molecule has 0 unspecified atom stereocenters. The molecule has 3 rings (SSSR count). The molecule has 1 aromatic heterocycles. The largest absolute Gasteiger partial charge is 0.260 e. The maximum absolute atomic E-state index is 4.59. The summed E-state index contributed by atoms with van der Waals surface area (Å²) in [5, 5.41) is 0. The highest BCUT2D eigenvalue weighted by atomic mass is 32.1. The quantitative estimate of drug-likeness (QED) is 0.701. The number of aromatic nitrogens is 2. The van der Waals surface area contributed by atoms with Gasteiger partial charge in [-0.3, -0.25) is 4.99 Å². The Balaban J connectivity index is 2.23. The number of rotatable bonds is 2. The van der Waals surface area contributed by atoms with Crippen LogP contribution in [-0.4, -0.2) is 16.0 Å². The van der Waals surface area contributed by atoms with Gasteiger partial charge in [0.15, 0.2) is 5.82 Å². The van der Waals surface area contributed by atoms with Gasteiger partial charge in [0.25, 0.3) is 0 Å². The third-order valence-electron chi connectivity index (χ3n) is 2.78. The molecule has 0 radical (unpaired) electrons. The Kier molecular flexibility index (Phi) is 3.25. The average Bonchev–Trinajstić information content (AvgIpc) is 2.93. The van der Waals surface area contributed by atoms with E-state index in [9.17, 15) is 0 Å². The third-order valence-corrected chi connectivity index (χ3v) is 3.78. The number of hydrogen-bond donors (Lipinski definition) is 0. The SMILES string of the molecule is C/N=c1\nc(-c2ccccc2)n(-c2ccccc2)s1. The van der Waals surface area contributed by atoms with E-state index in [0.29, 0.717) is 0 Å². The van der Waals surface area contributed by atoms with Crippen molar-refractivity contribution in [2.45, 2.75) is 0 Å². The van der Waals surface area contributed by atoms with E-state index in [4.69, 9.17) is 0 Å². The van der Waals surface area contributed by atoms with Crippen LogP contribution in [0.1, 0.15) is 0 Å². The van der Waals surface area contributed by atoms with Crippen LogP contribution in [0.2, 0.25) is 0 Å². The minimum Gasteiger partial charge on any atom is -0.260 e. The second kappa shape index (κ2) is 5.20. The van der Waals surface area contributed by atoms with E-state index in [-0.39, 0.29) is 0 Å². The first-order valence-electron chi connectivity index (χ1n) is 6.02. The van der Waals surface area contributed by atoms with Gasteiger partial charge in [-0.05, 0) is 23.7 Å². The maximum Gasteiger partial charge on any atom is 0.222 e. The monoisotopic (exact) mass is 267 g/mol. The summed E-state index contributed by atoms with van der Waals surface area (Å²) < 4.78 is 2.11. The highest BCUT2D eigenvalue weighted by molar-refractivity contribution is 7.04. The van der Waals surface area contributed by atoms with E-state index in [1.54, 1.807) is 18.6 Å². The molecule has 0 N–H and O–H groups in total. The predicted molar refractivity (Wildman–Crippen MR) is 78.4 cm³/mol. The fourth-order valence-corrected chi connectivity index (χ4v) is 2.71. The Morgan fingerprint density at radius 2 is 1.58 bits per heavy atom. The van der Waals surface area contributed by atoms with Crippen molar-refractivity contribution in [2.24, 2.45) is 4.99 Å². The van der Waals surface area contributed by atoms with Gasteiger partial charge in [-0.25, -0.2) is 3.96 Å². The van der Waals surface area contributed by atoms with Crippen molar-refractivity contribution >= 4 is 11.5 Å². The molecule has 19 heavy (non-hydrogen) atoms. The van der Waals surface area contributed by atoms with Gasteiger partial charge < -0.3 is 0 Å². The smallest absolute Gasteiger partial charge is 0.222 e. The molecule has 0 aliphatic rings. The van der Waals surface area contributed by atoms with Gasteiger partial charge in [-0.15, -0.1) is 0 Å². The van der Waals surface area contributed by atoms with Crippen molar-refractivity contribution in [2.75, 3.05) is 7.05 Å². The van der Waals surface area contributed by atoms with E-state index >= 15 is 0 Å². The van der Waals surface area contributed by atoms with Gasteiger partial charge in [-0.2, -0.15) is 4.98 Å². The molecule has 1 heterocycles. The number of benzene rings is 2. The molecule has 0 spiro atoms. The standard InChI is InChI=1S/C15H13N3S/c1-16-15-17-14(12-8-4-2-5-9-12)18(19-15)13-10-6-3-7-11-13/h2-11H,1H3/b16-15+. The van der Waals surface area contributed by atoms with Crippen molar-refractivity contribution in [3.8, 4) is 17.1 Å². The van der Waals surface area contributed by atoms with Crippen LogP contribution in [0.15, 0.2) is 65.7 Å². The number of para-hydroxylation sites is 1. The van der Waals surface area contributed by atoms with Crippen LogP contribution in [0.3, 0.4) is 0 Å². The molecular weight excluding hydrogens is 254 g/mol. The molecular formula is C15H13N3S. The van der Waals surface area contributed by atoms with E-state index in [1.165, 1.54) is 0 Å². The van der Waals surface area contributed by atoms with E-state index in [1.807, 2.05) is 36.4 Å². The fourth-order valence-electron chi connectivity index (χ4n) is 1.88. The van der Waals surface area contributed by atoms with Crippen LogP contribution < -0.4 is 4.80 Å². The first-order chi connectivity index (χ1) is 9.38. The Morgan fingerprint density at radius 3 is 2.21 bits per heavy atom. The van der Waals surface area contributed by atoms with Crippen molar-refractivity contribution in [3.05, 3.63) is 65.5 Å². The molecule has 0 bridgehead atoms. The second-order valence-electron chi connectivity index (χ2n) is 4.03. The summed E-state index contributed by atoms with van der Waals surface area (Å²) in [6.07, 6.45) is 0. The Labute approximate surface area is 115 Å². The molecule has 2 aromatic carbocycles. The minimum atomic E-state index is 0.780. The summed E-state index contributed by atoms with van der Waals surface area (Å²) in [5.74, 6) is 0.928. The van der Waals surface area contributed by atoms with Gasteiger partial charge in [0.1, 0.15) is 0 Å². The van der Waals surface area contributed by atoms with Crippen LogP contribution in [0.4, 0.5) is 0 Å². The second-order valence-corrected chi connectivity index (χ2v) is 4.94. The minimum absolute atomic E-state index is 0.780. The van der Waals surface area contributed by atoms with Gasteiger partial charge >= 0.3 is 0 Å². The highest BCUT2D eigenvalue weighted by Crippen LogP contribution is 2.21. The summed E-state index contributed by atoms with van der Waals surface area (Å²) in [4.78, 5) is 9.56. The van der Waals surface area contributed by atoms with Gasteiger partial charge in [0, 0.05) is 12.6 Å². The van der Waals surface area contributed by atoms with Crippen LogP contribution in [0, 0.1) is 0 Å². The summed E-state index contributed by atoms with van der Waals surface area (Å²) in [6.45, 7) is 0. The van der Waals surface area contributed by atoms with E-state index < -0.39 is 0 Å². The molecule has 0 aliphatic heterocycles. The first kappa shape index (κ1) is 11.9. The lowest BCUT2D eigenvalue weighted by molar-refractivity contribution is 1.12. The number of nitrogens with zero attached hydrogens (tertiary/aromatic N) is 3. The molecule has 0 amide bonds. The molecule has 0 saturated carbocycles. The lowest BCUT2D eigenvalue weighted by Gasteiger charge is -2.05. The molecule has 94 valence electrons. The lowest BCUT2D eigenvalue weighted by atomic mass is 10.2. The Morgan fingerprint density at radius 1 is 0.947 bits per heavy atom. The Hall–Kier alpha value is -2.20. The van der Waals surface area contributed by atoms with Crippen molar-refractivity contribution in [3.63, 3.8) is 0 Å². The zero-order valence-electron chi connectivity index (χ0n) is 10.5. The molecule has 4 heteroatoms. The van der Waals surface area contributed by atoms with Crippen molar-refractivity contribution in [1.29, 1.82) is 0 Å². The fraction of sp³-hybridized carbons (Fsp3) is 0.0667. The first-order valence-corrected chi connectivity index (χ1v) is 6.80. The lowest BCUT2D eigenvalue weighted by Crippen LogP contribution is -1.96. The predicted octanol–water partition coefficient (Wildman–Crippen LogP) is 3.13. The van der Waals surface area contributed by atoms with Gasteiger partial charge in [0.05, 0.1) is 5.69 Å². The molecule has 0 atom stereocenters. The highest BCUT2D eigenvalue weighted by Gasteiger charge is 2.09.